The molecule has 3 rings (SSSR count). The highest BCUT2D eigenvalue weighted by molar-refractivity contribution is 7.91. The number of hydrogen-bond donors (Lipinski definition) is 1. The summed E-state index contributed by atoms with van der Waals surface area (Å²) in [6.07, 6.45) is 1.28. The lowest BCUT2D eigenvalue weighted by atomic mass is 10.2. The molecule has 0 aliphatic heterocycles. The van der Waals surface area contributed by atoms with Crippen LogP contribution in [0.3, 0.4) is 0 Å². The van der Waals surface area contributed by atoms with Gasteiger partial charge in [-0.25, -0.2) is 13.4 Å². The zero-order chi connectivity index (χ0) is 19.4. The third kappa shape index (κ3) is 5.42. The Morgan fingerprint density at radius 3 is 2.63 bits per heavy atom. The quantitative estimate of drug-likeness (QED) is 0.673. The van der Waals surface area contributed by atoms with Crippen molar-refractivity contribution in [3.63, 3.8) is 0 Å². The van der Waals surface area contributed by atoms with E-state index in [2.05, 4.69) is 10.3 Å². The predicted octanol–water partition coefficient (Wildman–Crippen LogP) is 3.86. The van der Waals surface area contributed by atoms with Crippen molar-refractivity contribution in [3.05, 3.63) is 71.1 Å². The lowest BCUT2D eigenvalue weighted by Crippen LogP contribution is -2.24. The fraction of sp³-hybridized carbons (Fsp3) is 0.158. The van der Waals surface area contributed by atoms with Crippen LogP contribution in [0.4, 0.5) is 5.69 Å². The van der Waals surface area contributed by atoms with E-state index in [1.54, 1.807) is 42.5 Å². The van der Waals surface area contributed by atoms with E-state index in [4.69, 9.17) is 16.0 Å². The van der Waals surface area contributed by atoms with E-state index in [-0.39, 0.29) is 11.4 Å². The number of sulfone groups is 1. The summed E-state index contributed by atoms with van der Waals surface area (Å²) in [5.41, 5.74) is 2.44. The van der Waals surface area contributed by atoms with Crippen LogP contribution in [-0.2, 0) is 20.4 Å². The first kappa shape index (κ1) is 19.1. The second kappa shape index (κ2) is 7.94. The lowest BCUT2D eigenvalue weighted by Gasteiger charge is -2.06. The number of nitrogens with zero attached hydrogens (tertiary/aromatic N) is 1. The average Bonchev–Trinajstić information content (AvgIpc) is 3.02. The van der Waals surface area contributed by atoms with Crippen molar-refractivity contribution >= 4 is 33.0 Å². The van der Waals surface area contributed by atoms with Crippen molar-refractivity contribution in [2.45, 2.75) is 12.7 Å². The van der Waals surface area contributed by atoms with Crippen molar-refractivity contribution < 1.29 is 17.6 Å². The topological polar surface area (TPSA) is 89.3 Å². The summed E-state index contributed by atoms with van der Waals surface area (Å²) in [7, 11) is -3.70. The first-order chi connectivity index (χ1) is 12.8. The second-order valence-electron chi connectivity index (χ2n) is 6.10. The lowest BCUT2D eigenvalue weighted by molar-refractivity contribution is -0.113. The van der Waals surface area contributed by atoms with E-state index in [1.807, 2.05) is 13.0 Å². The average molecular weight is 405 g/mol. The summed E-state index contributed by atoms with van der Waals surface area (Å²) < 4.78 is 29.9. The number of nitrogens with one attached hydrogen (secondary N) is 1. The van der Waals surface area contributed by atoms with Crippen LogP contribution in [0.15, 0.2) is 59.2 Å². The van der Waals surface area contributed by atoms with Crippen LogP contribution < -0.4 is 5.32 Å². The summed E-state index contributed by atoms with van der Waals surface area (Å²) in [5, 5.41) is 3.16. The number of aromatic nitrogens is 1. The molecule has 1 amide bonds. The smallest absolute Gasteiger partial charge is 0.239 e. The summed E-state index contributed by atoms with van der Waals surface area (Å²) in [4.78, 5) is 16.2. The Hall–Kier alpha value is -2.64. The van der Waals surface area contributed by atoms with Gasteiger partial charge in [-0.3, -0.25) is 4.79 Å². The van der Waals surface area contributed by atoms with Crippen molar-refractivity contribution in [2.75, 3.05) is 11.1 Å². The monoisotopic (exact) mass is 404 g/mol. The fourth-order valence-electron chi connectivity index (χ4n) is 2.49. The van der Waals surface area contributed by atoms with Gasteiger partial charge in [0.1, 0.15) is 12.0 Å². The van der Waals surface area contributed by atoms with Crippen LogP contribution in [0, 0.1) is 6.92 Å². The van der Waals surface area contributed by atoms with E-state index in [0.29, 0.717) is 22.2 Å². The molecule has 1 heterocycles. The Morgan fingerprint density at radius 1 is 1.19 bits per heavy atom. The molecule has 0 spiro atoms. The maximum atomic E-state index is 12.3. The van der Waals surface area contributed by atoms with Gasteiger partial charge in [-0.2, -0.15) is 0 Å². The minimum absolute atomic E-state index is 0.239. The molecule has 0 bridgehead atoms. The minimum atomic E-state index is -3.70. The molecular formula is C19H17ClN2O4S. The third-order valence-corrected chi connectivity index (χ3v) is 5.35. The molecule has 27 heavy (non-hydrogen) atoms. The van der Waals surface area contributed by atoms with Crippen molar-refractivity contribution in [3.8, 4) is 11.5 Å². The Labute approximate surface area is 162 Å². The normalized spacial score (nSPS) is 11.3. The van der Waals surface area contributed by atoms with Gasteiger partial charge in [0.15, 0.2) is 9.84 Å². The number of anilines is 1. The summed E-state index contributed by atoms with van der Waals surface area (Å²) >= 11 is 5.84. The van der Waals surface area contributed by atoms with Gasteiger partial charge in [0.05, 0.1) is 11.4 Å². The molecule has 140 valence electrons. The molecule has 2 aromatic carbocycles. The van der Waals surface area contributed by atoms with E-state index in [9.17, 15) is 13.2 Å². The van der Waals surface area contributed by atoms with Crippen LogP contribution in [0.1, 0.15) is 11.3 Å². The van der Waals surface area contributed by atoms with E-state index < -0.39 is 21.5 Å². The van der Waals surface area contributed by atoms with Gasteiger partial charge >= 0.3 is 0 Å². The Balaban J connectivity index is 1.64. The number of benzene rings is 2. The summed E-state index contributed by atoms with van der Waals surface area (Å²) in [6, 6.07) is 14.0. The third-order valence-electron chi connectivity index (χ3n) is 3.66. The van der Waals surface area contributed by atoms with Crippen LogP contribution in [0.5, 0.6) is 0 Å². The van der Waals surface area contributed by atoms with Crippen LogP contribution in [0.25, 0.3) is 11.5 Å². The molecule has 0 radical (unpaired) electrons. The van der Waals surface area contributed by atoms with Gasteiger partial charge in [-0.1, -0.05) is 23.7 Å². The number of carbonyl (C=O) groups excluding carboxylic acids is 1. The molecular weight excluding hydrogens is 388 g/mol. The number of carbonyl (C=O) groups is 1. The van der Waals surface area contributed by atoms with Gasteiger partial charge in [-0.15, -0.1) is 0 Å². The van der Waals surface area contributed by atoms with Crippen LogP contribution in [-0.4, -0.2) is 25.1 Å². The minimum Gasteiger partial charge on any atom is -0.444 e. The van der Waals surface area contributed by atoms with Crippen LogP contribution in [0.2, 0.25) is 5.02 Å². The highest BCUT2D eigenvalue weighted by Crippen LogP contribution is 2.21. The molecule has 0 aliphatic carbocycles. The van der Waals surface area contributed by atoms with Gasteiger partial charge in [0, 0.05) is 16.3 Å². The standard InChI is InChI=1S/C19H17ClN2O4S/c1-13-3-2-4-16(9-13)21-18(23)12-27(24,25)11-17-10-26-19(22-17)14-5-7-15(20)8-6-14/h2-10H,11-12H2,1H3,(H,21,23). The number of hydrogen-bond acceptors (Lipinski definition) is 5. The first-order valence-corrected chi connectivity index (χ1v) is 10.3. The van der Waals surface area contributed by atoms with Gasteiger partial charge in [-0.05, 0) is 48.9 Å². The number of rotatable bonds is 6. The molecule has 3 aromatic rings. The largest absolute Gasteiger partial charge is 0.444 e. The highest BCUT2D eigenvalue weighted by Gasteiger charge is 2.20. The molecule has 6 nitrogen and oxygen atoms in total. The number of amides is 1. The maximum Gasteiger partial charge on any atom is 0.239 e. The second-order valence-corrected chi connectivity index (χ2v) is 8.60. The number of oxazole rings is 1. The first-order valence-electron chi connectivity index (χ1n) is 8.08. The number of halogens is 1. The summed E-state index contributed by atoms with van der Waals surface area (Å²) in [6.45, 7) is 1.88. The van der Waals surface area contributed by atoms with E-state index in [1.165, 1.54) is 6.26 Å². The molecule has 0 atom stereocenters. The molecule has 8 heteroatoms. The zero-order valence-electron chi connectivity index (χ0n) is 14.5. The SMILES string of the molecule is Cc1cccc(NC(=O)CS(=O)(=O)Cc2coc(-c3ccc(Cl)cc3)n2)c1. The van der Waals surface area contributed by atoms with Crippen molar-refractivity contribution in [1.82, 2.24) is 4.98 Å². The highest BCUT2D eigenvalue weighted by atomic mass is 35.5. The molecule has 0 fully saturated rings. The van der Waals surface area contributed by atoms with Gasteiger partial charge < -0.3 is 9.73 Å². The molecule has 0 aliphatic rings. The van der Waals surface area contributed by atoms with Crippen LogP contribution >= 0.6 is 11.6 Å². The zero-order valence-corrected chi connectivity index (χ0v) is 16.0. The Bertz CT molecular complexity index is 1060. The van der Waals surface area contributed by atoms with E-state index in [0.717, 1.165) is 5.56 Å². The molecule has 0 saturated heterocycles. The Morgan fingerprint density at radius 2 is 1.93 bits per heavy atom. The molecule has 1 aromatic heterocycles. The maximum absolute atomic E-state index is 12.3. The van der Waals surface area contributed by atoms with Gasteiger partial charge in [0.2, 0.25) is 11.8 Å². The summed E-state index contributed by atoms with van der Waals surface area (Å²) in [5.74, 6) is -1.32. The van der Waals surface area contributed by atoms with Gasteiger partial charge in [0.25, 0.3) is 0 Å². The van der Waals surface area contributed by atoms with Crippen molar-refractivity contribution in [2.24, 2.45) is 0 Å². The molecule has 1 N–H and O–H groups in total. The molecule has 0 unspecified atom stereocenters. The number of aryl methyl sites for hydroxylation is 1. The Kier molecular flexibility index (Phi) is 5.62. The molecule has 0 saturated carbocycles. The van der Waals surface area contributed by atoms with E-state index >= 15 is 0 Å². The predicted molar refractivity (Wildman–Crippen MR) is 104 cm³/mol. The van der Waals surface area contributed by atoms with Crippen molar-refractivity contribution in [1.29, 1.82) is 0 Å². The fourth-order valence-corrected chi connectivity index (χ4v) is 3.78.